The molecule has 116 valence electrons. The van der Waals surface area contributed by atoms with Gasteiger partial charge in [-0.3, -0.25) is 4.79 Å². The van der Waals surface area contributed by atoms with Crippen LogP contribution in [0, 0.1) is 13.8 Å². The van der Waals surface area contributed by atoms with Gasteiger partial charge in [0.1, 0.15) is 0 Å². The van der Waals surface area contributed by atoms with Crippen molar-refractivity contribution in [2.75, 3.05) is 4.90 Å². The van der Waals surface area contributed by atoms with Gasteiger partial charge in [0, 0.05) is 29.2 Å². The van der Waals surface area contributed by atoms with Crippen molar-refractivity contribution < 1.29 is 4.79 Å². The summed E-state index contributed by atoms with van der Waals surface area (Å²) in [5, 5.41) is 0. The number of amides is 1. The van der Waals surface area contributed by atoms with Crippen LogP contribution in [0.1, 0.15) is 54.1 Å². The first-order valence-corrected chi connectivity index (χ1v) is 8.01. The Morgan fingerprint density at radius 1 is 1.23 bits per heavy atom. The average Bonchev–Trinajstić information content (AvgIpc) is 2.94. The third-order valence-electron chi connectivity index (χ3n) is 4.66. The molecular weight excluding hydrogens is 272 g/mol. The van der Waals surface area contributed by atoms with Gasteiger partial charge in [0.05, 0.1) is 5.56 Å². The molecule has 0 bridgehead atoms. The van der Waals surface area contributed by atoms with Crippen molar-refractivity contribution in [3.8, 4) is 0 Å². The third-order valence-corrected chi connectivity index (χ3v) is 4.66. The van der Waals surface area contributed by atoms with Crippen molar-refractivity contribution in [1.29, 1.82) is 0 Å². The second-order valence-corrected chi connectivity index (χ2v) is 6.61. The summed E-state index contributed by atoms with van der Waals surface area (Å²) in [5.41, 5.74) is 5.37. The van der Waals surface area contributed by atoms with Crippen LogP contribution in [-0.4, -0.2) is 16.5 Å². The normalized spacial score (nSPS) is 17.2. The van der Waals surface area contributed by atoms with Gasteiger partial charge >= 0.3 is 0 Å². The monoisotopic (exact) mass is 296 g/mol. The van der Waals surface area contributed by atoms with Crippen LogP contribution in [0.4, 0.5) is 5.69 Å². The van der Waals surface area contributed by atoms with Gasteiger partial charge in [0.2, 0.25) is 0 Å². The van der Waals surface area contributed by atoms with E-state index in [-0.39, 0.29) is 11.9 Å². The molecule has 2 heterocycles. The van der Waals surface area contributed by atoms with E-state index >= 15 is 0 Å². The Balaban J connectivity index is 2.04. The van der Waals surface area contributed by atoms with Gasteiger partial charge in [-0.05, 0) is 58.7 Å². The highest BCUT2D eigenvalue weighted by molar-refractivity contribution is 6.08. The van der Waals surface area contributed by atoms with Crippen LogP contribution in [0.15, 0.2) is 30.3 Å². The molecule has 0 fully saturated rings. The lowest BCUT2D eigenvalue weighted by Crippen LogP contribution is -2.36. The van der Waals surface area contributed by atoms with Crippen LogP contribution in [-0.2, 0) is 6.42 Å². The highest BCUT2D eigenvalue weighted by Gasteiger charge is 2.32. The van der Waals surface area contributed by atoms with Crippen LogP contribution in [0.2, 0.25) is 0 Å². The van der Waals surface area contributed by atoms with E-state index in [0.717, 1.165) is 29.1 Å². The van der Waals surface area contributed by atoms with E-state index in [2.05, 4.69) is 44.4 Å². The molecule has 3 heteroatoms. The molecule has 0 aliphatic carbocycles. The van der Waals surface area contributed by atoms with Crippen molar-refractivity contribution in [3.63, 3.8) is 0 Å². The first kappa shape index (κ1) is 14.9. The molecule has 1 aromatic carbocycles. The van der Waals surface area contributed by atoms with E-state index in [9.17, 15) is 4.79 Å². The maximum absolute atomic E-state index is 13.1. The molecule has 1 aliphatic heterocycles. The maximum Gasteiger partial charge on any atom is 0.260 e. The molecule has 1 amide bonds. The quantitative estimate of drug-likeness (QED) is 0.812. The summed E-state index contributed by atoms with van der Waals surface area (Å²) in [5.74, 6) is 0.123. The minimum absolute atomic E-state index is 0.123. The fourth-order valence-corrected chi connectivity index (χ4v) is 3.79. The fraction of sp³-hybridized carbons (Fsp3) is 0.421. The number of aromatic nitrogens is 1. The topological polar surface area (TPSA) is 25.2 Å². The molecule has 22 heavy (non-hydrogen) atoms. The molecule has 1 aliphatic rings. The SMILES string of the molecule is Cc1cc(C(=O)N2c3ccccc3C[C@@H]2C)c(C)n1C(C)C. The first-order chi connectivity index (χ1) is 10.4. The van der Waals surface area contributed by atoms with Crippen LogP contribution < -0.4 is 4.90 Å². The van der Waals surface area contributed by atoms with Crippen LogP contribution >= 0.6 is 0 Å². The van der Waals surface area contributed by atoms with E-state index in [0.29, 0.717) is 6.04 Å². The second kappa shape index (κ2) is 5.31. The summed E-state index contributed by atoms with van der Waals surface area (Å²) in [6.07, 6.45) is 0.935. The van der Waals surface area contributed by atoms with Crippen molar-refractivity contribution in [2.24, 2.45) is 0 Å². The second-order valence-electron chi connectivity index (χ2n) is 6.61. The minimum atomic E-state index is 0.123. The van der Waals surface area contributed by atoms with Crippen LogP contribution in [0.3, 0.4) is 0 Å². The van der Waals surface area contributed by atoms with Gasteiger partial charge in [-0.1, -0.05) is 18.2 Å². The molecule has 0 radical (unpaired) electrons. The highest BCUT2D eigenvalue weighted by Crippen LogP contribution is 2.34. The number of hydrogen-bond donors (Lipinski definition) is 0. The predicted molar refractivity (Wildman–Crippen MR) is 90.7 cm³/mol. The molecule has 0 N–H and O–H groups in total. The average molecular weight is 296 g/mol. The molecule has 1 aromatic heterocycles. The summed E-state index contributed by atoms with van der Waals surface area (Å²) in [6, 6.07) is 10.8. The lowest BCUT2D eigenvalue weighted by atomic mass is 10.1. The summed E-state index contributed by atoms with van der Waals surface area (Å²) >= 11 is 0. The number of para-hydroxylation sites is 1. The third kappa shape index (κ3) is 2.16. The largest absolute Gasteiger partial charge is 0.346 e. The number of carbonyl (C=O) groups excluding carboxylic acids is 1. The molecule has 0 saturated heterocycles. The van der Waals surface area contributed by atoms with Gasteiger partial charge in [-0.15, -0.1) is 0 Å². The van der Waals surface area contributed by atoms with Gasteiger partial charge < -0.3 is 9.47 Å². The number of fused-ring (bicyclic) bond motifs is 1. The zero-order chi connectivity index (χ0) is 16.0. The van der Waals surface area contributed by atoms with Gasteiger partial charge in [0.25, 0.3) is 5.91 Å². The molecule has 3 nitrogen and oxygen atoms in total. The Bertz CT molecular complexity index is 727. The molecular formula is C19H24N2O. The van der Waals surface area contributed by atoms with Crippen molar-refractivity contribution in [1.82, 2.24) is 4.57 Å². The zero-order valence-corrected chi connectivity index (χ0v) is 14.1. The number of anilines is 1. The summed E-state index contributed by atoms with van der Waals surface area (Å²) in [4.78, 5) is 15.1. The van der Waals surface area contributed by atoms with Crippen LogP contribution in [0.25, 0.3) is 0 Å². The van der Waals surface area contributed by atoms with Crippen molar-refractivity contribution in [2.45, 2.75) is 53.1 Å². The van der Waals surface area contributed by atoms with Crippen LogP contribution in [0.5, 0.6) is 0 Å². The number of nitrogens with zero attached hydrogens (tertiary/aromatic N) is 2. The van der Waals surface area contributed by atoms with Crippen molar-refractivity contribution in [3.05, 3.63) is 52.8 Å². The standard InChI is InChI=1S/C19H24N2O/c1-12(2)20-14(4)11-17(15(20)5)19(22)21-13(3)10-16-8-6-7-9-18(16)21/h6-9,11-13H,10H2,1-5H3/t13-/m0/s1. The van der Waals surface area contributed by atoms with E-state index in [1.54, 1.807) is 0 Å². The lowest BCUT2D eigenvalue weighted by molar-refractivity contribution is 0.0980. The van der Waals surface area contributed by atoms with Gasteiger partial charge in [-0.25, -0.2) is 0 Å². The number of aryl methyl sites for hydroxylation is 1. The Morgan fingerprint density at radius 3 is 2.55 bits per heavy atom. The number of carbonyl (C=O) groups is 1. The lowest BCUT2D eigenvalue weighted by Gasteiger charge is -2.23. The Labute approximate surface area is 132 Å². The first-order valence-electron chi connectivity index (χ1n) is 8.01. The smallest absolute Gasteiger partial charge is 0.260 e. The zero-order valence-electron chi connectivity index (χ0n) is 14.1. The predicted octanol–water partition coefficient (Wildman–Crippen LogP) is 4.28. The minimum Gasteiger partial charge on any atom is -0.346 e. The maximum atomic E-state index is 13.1. The van der Waals surface area contributed by atoms with E-state index in [4.69, 9.17) is 0 Å². The molecule has 0 saturated carbocycles. The Hall–Kier alpha value is -2.03. The van der Waals surface area contributed by atoms with E-state index < -0.39 is 0 Å². The van der Waals surface area contributed by atoms with E-state index in [1.165, 1.54) is 5.56 Å². The fourth-order valence-electron chi connectivity index (χ4n) is 3.79. The van der Waals surface area contributed by atoms with Crippen molar-refractivity contribution >= 4 is 11.6 Å². The summed E-state index contributed by atoms with van der Waals surface area (Å²) in [6.45, 7) is 10.6. The Morgan fingerprint density at radius 2 is 1.91 bits per heavy atom. The number of benzene rings is 1. The van der Waals surface area contributed by atoms with E-state index in [1.807, 2.05) is 30.0 Å². The summed E-state index contributed by atoms with van der Waals surface area (Å²) in [7, 11) is 0. The Kier molecular flexibility index (Phi) is 3.59. The highest BCUT2D eigenvalue weighted by atomic mass is 16.2. The molecule has 2 aromatic rings. The number of hydrogen-bond acceptors (Lipinski definition) is 1. The van der Waals surface area contributed by atoms with Gasteiger partial charge in [0.15, 0.2) is 0 Å². The summed E-state index contributed by atoms with van der Waals surface area (Å²) < 4.78 is 2.24. The molecule has 0 spiro atoms. The number of rotatable bonds is 2. The molecule has 0 unspecified atom stereocenters. The molecule has 3 rings (SSSR count). The van der Waals surface area contributed by atoms with Gasteiger partial charge in [-0.2, -0.15) is 0 Å². The molecule has 1 atom stereocenters.